The predicted octanol–water partition coefficient (Wildman–Crippen LogP) is 2.03. The van der Waals surface area contributed by atoms with Crippen LogP contribution in [0.25, 0.3) is 0 Å². The summed E-state index contributed by atoms with van der Waals surface area (Å²) in [5, 5.41) is 3.35. The van der Waals surface area contributed by atoms with E-state index >= 15 is 0 Å². The van der Waals surface area contributed by atoms with Crippen molar-refractivity contribution in [2.45, 2.75) is 44.9 Å². The van der Waals surface area contributed by atoms with Crippen molar-refractivity contribution in [2.24, 2.45) is 4.99 Å². The van der Waals surface area contributed by atoms with Gasteiger partial charge in [0.25, 0.3) is 0 Å². The Morgan fingerprint density at radius 3 is 2.70 bits per heavy atom. The molecule has 0 radical (unpaired) electrons. The maximum absolute atomic E-state index is 12.8. The van der Waals surface area contributed by atoms with E-state index in [-0.39, 0.29) is 48.6 Å². The maximum atomic E-state index is 12.8. The van der Waals surface area contributed by atoms with Gasteiger partial charge in [0.1, 0.15) is 12.6 Å². The van der Waals surface area contributed by atoms with E-state index in [0.29, 0.717) is 13.2 Å². The minimum atomic E-state index is 0. The number of hydrogen-bond donors (Lipinski definition) is 1. The topological polar surface area (TPSA) is 66.4 Å². The van der Waals surface area contributed by atoms with Crippen molar-refractivity contribution >= 4 is 35.8 Å². The molecule has 8 heteroatoms. The first-order chi connectivity index (χ1) is 14.2. The molecule has 4 rings (SSSR count). The SMILES string of the molecule is CCNC(=NCC(=O)N1CCc2ccccc2C1)N1CCOC(C2CCCO2)C1.I. The number of morpholine rings is 1. The van der Waals surface area contributed by atoms with E-state index < -0.39 is 0 Å². The van der Waals surface area contributed by atoms with E-state index in [0.717, 1.165) is 58.0 Å². The summed E-state index contributed by atoms with van der Waals surface area (Å²) in [7, 11) is 0. The Morgan fingerprint density at radius 2 is 1.93 bits per heavy atom. The number of carbonyl (C=O) groups is 1. The van der Waals surface area contributed by atoms with Crippen molar-refractivity contribution in [3.63, 3.8) is 0 Å². The van der Waals surface area contributed by atoms with E-state index in [9.17, 15) is 4.79 Å². The fraction of sp³-hybridized carbons (Fsp3) is 0.636. The summed E-state index contributed by atoms with van der Waals surface area (Å²) < 4.78 is 11.8. The number of ether oxygens (including phenoxy) is 2. The lowest BCUT2D eigenvalue weighted by molar-refractivity contribution is -0.130. The zero-order chi connectivity index (χ0) is 20.1. The molecule has 0 aliphatic carbocycles. The third-order valence-electron chi connectivity index (χ3n) is 5.95. The van der Waals surface area contributed by atoms with Gasteiger partial charge in [0.05, 0.1) is 12.7 Å². The maximum Gasteiger partial charge on any atom is 0.244 e. The Labute approximate surface area is 196 Å². The Bertz CT molecular complexity index is 739. The molecular weight excluding hydrogens is 495 g/mol. The van der Waals surface area contributed by atoms with Gasteiger partial charge in [-0.05, 0) is 37.3 Å². The molecule has 1 aromatic carbocycles. The summed E-state index contributed by atoms with van der Waals surface area (Å²) in [6.45, 7) is 7.45. The summed E-state index contributed by atoms with van der Waals surface area (Å²) in [4.78, 5) is 21.6. The van der Waals surface area contributed by atoms with Crippen LogP contribution in [0.1, 0.15) is 30.9 Å². The molecule has 3 aliphatic rings. The van der Waals surface area contributed by atoms with Gasteiger partial charge in [-0.15, -0.1) is 24.0 Å². The van der Waals surface area contributed by atoms with Crippen molar-refractivity contribution in [1.29, 1.82) is 0 Å². The van der Waals surface area contributed by atoms with E-state index in [2.05, 4.69) is 40.3 Å². The lowest BCUT2D eigenvalue weighted by atomic mass is 10.00. The number of amides is 1. The number of carbonyl (C=O) groups excluding carboxylic acids is 1. The molecule has 2 unspecified atom stereocenters. The molecule has 2 fully saturated rings. The molecule has 1 aromatic rings. The molecule has 2 atom stereocenters. The van der Waals surface area contributed by atoms with Crippen LogP contribution in [0, 0.1) is 0 Å². The van der Waals surface area contributed by atoms with Gasteiger partial charge in [-0.1, -0.05) is 24.3 Å². The third kappa shape index (κ3) is 5.64. The highest BCUT2D eigenvalue weighted by atomic mass is 127. The Balaban J connectivity index is 0.00000256. The van der Waals surface area contributed by atoms with Gasteiger partial charge in [0.2, 0.25) is 5.91 Å². The van der Waals surface area contributed by atoms with Gasteiger partial charge in [0, 0.05) is 39.3 Å². The molecule has 0 saturated carbocycles. The monoisotopic (exact) mass is 528 g/mol. The number of benzene rings is 1. The standard InChI is InChI=1S/C22H32N4O3.HI/c1-2-23-22(26-11-13-29-20(16-26)19-8-5-12-28-19)24-14-21(27)25-10-9-17-6-3-4-7-18(17)15-25;/h3-4,6-7,19-20H,2,5,8-16H2,1H3,(H,23,24);1H. The van der Waals surface area contributed by atoms with Crippen LogP contribution in [0.3, 0.4) is 0 Å². The average Bonchev–Trinajstić information content (AvgIpc) is 3.31. The second kappa shape index (κ2) is 11.3. The smallest absolute Gasteiger partial charge is 0.244 e. The largest absolute Gasteiger partial charge is 0.375 e. The molecule has 0 spiro atoms. The average molecular weight is 528 g/mol. The minimum absolute atomic E-state index is 0. The predicted molar refractivity (Wildman–Crippen MR) is 127 cm³/mol. The molecule has 166 valence electrons. The molecule has 1 amide bonds. The fourth-order valence-electron chi connectivity index (χ4n) is 4.37. The summed E-state index contributed by atoms with van der Waals surface area (Å²) in [6.07, 6.45) is 3.33. The lowest BCUT2D eigenvalue weighted by Crippen LogP contribution is -2.53. The zero-order valence-corrected chi connectivity index (χ0v) is 20.0. The van der Waals surface area contributed by atoms with E-state index in [1.54, 1.807) is 0 Å². The van der Waals surface area contributed by atoms with E-state index in [4.69, 9.17) is 9.47 Å². The quantitative estimate of drug-likeness (QED) is 0.368. The second-order valence-electron chi connectivity index (χ2n) is 7.91. The van der Waals surface area contributed by atoms with Crippen molar-refractivity contribution in [3.8, 4) is 0 Å². The number of aliphatic imine (C=N–C) groups is 1. The number of nitrogens with one attached hydrogen (secondary N) is 1. The summed E-state index contributed by atoms with van der Waals surface area (Å²) >= 11 is 0. The Kier molecular flexibility index (Phi) is 8.76. The van der Waals surface area contributed by atoms with Crippen molar-refractivity contribution < 1.29 is 14.3 Å². The van der Waals surface area contributed by atoms with Gasteiger partial charge < -0.3 is 24.6 Å². The lowest BCUT2D eigenvalue weighted by Gasteiger charge is -2.37. The fourth-order valence-corrected chi connectivity index (χ4v) is 4.37. The van der Waals surface area contributed by atoms with Gasteiger partial charge in [0.15, 0.2) is 5.96 Å². The normalized spacial score (nSPS) is 24.2. The summed E-state index contributed by atoms with van der Waals surface area (Å²) in [5.41, 5.74) is 2.59. The Morgan fingerprint density at radius 1 is 1.13 bits per heavy atom. The molecule has 1 N–H and O–H groups in total. The van der Waals surface area contributed by atoms with Crippen molar-refractivity contribution in [2.75, 3.05) is 45.9 Å². The molecule has 3 aliphatic heterocycles. The van der Waals surface area contributed by atoms with Crippen LogP contribution in [0.4, 0.5) is 0 Å². The number of halogens is 1. The number of nitrogens with zero attached hydrogens (tertiary/aromatic N) is 3. The number of hydrogen-bond acceptors (Lipinski definition) is 4. The van der Waals surface area contributed by atoms with Gasteiger partial charge in [-0.3, -0.25) is 4.79 Å². The van der Waals surface area contributed by atoms with Crippen molar-refractivity contribution in [3.05, 3.63) is 35.4 Å². The molecule has 7 nitrogen and oxygen atoms in total. The van der Waals surface area contributed by atoms with E-state index in [1.165, 1.54) is 11.1 Å². The van der Waals surface area contributed by atoms with Crippen LogP contribution in [0.2, 0.25) is 0 Å². The summed E-state index contributed by atoms with van der Waals surface area (Å²) in [5.74, 6) is 0.878. The molecule has 2 saturated heterocycles. The highest BCUT2D eigenvalue weighted by Gasteiger charge is 2.32. The van der Waals surface area contributed by atoms with Crippen LogP contribution >= 0.6 is 24.0 Å². The van der Waals surface area contributed by atoms with Gasteiger partial charge >= 0.3 is 0 Å². The van der Waals surface area contributed by atoms with Crippen LogP contribution < -0.4 is 5.32 Å². The molecule has 0 aromatic heterocycles. The first kappa shape index (κ1) is 23.3. The van der Waals surface area contributed by atoms with Gasteiger partial charge in [-0.2, -0.15) is 0 Å². The first-order valence-corrected chi connectivity index (χ1v) is 10.9. The van der Waals surface area contributed by atoms with Crippen LogP contribution in [-0.4, -0.2) is 79.8 Å². The highest BCUT2D eigenvalue weighted by molar-refractivity contribution is 14.0. The number of fused-ring (bicyclic) bond motifs is 1. The van der Waals surface area contributed by atoms with Gasteiger partial charge in [-0.25, -0.2) is 4.99 Å². The zero-order valence-electron chi connectivity index (χ0n) is 17.7. The Hall–Kier alpha value is -1.39. The molecule has 30 heavy (non-hydrogen) atoms. The number of rotatable bonds is 4. The second-order valence-corrected chi connectivity index (χ2v) is 7.91. The minimum Gasteiger partial charge on any atom is -0.375 e. The highest BCUT2D eigenvalue weighted by Crippen LogP contribution is 2.21. The van der Waals surface area contributed by atoms with Crippen LogP contribution in [0.15, 0.2) is 29.3 Å². The van der Waals surface area contributed by atoms with Crippen molar-refractivity contribution in [1.82, 2.24) is 15.1 Å². The third-order valence-corrected chi connectivity index (χ3v) is 5.95. The van der Waals surface area contributed by atoms with Crippen LogP contribution in [0.5, 0.6) is 0 Å². The molecular formula is C22H33IN4O3. The van der Waals surface area contributed by atoms with E-state index in [1.807, 2.05) is 11.0 Å². The first-order valence-electron chi connectivity index (χ1n) is 10.9. The number of guanidine groups is 1. The molecule has 3 heterocycles. The summed E-state index contributed by atoms with van der Waals surface area (Å²) in [6, 6.07) is 8.37. The molecule has 0 bridgehead atoms. The van der Waals surface area contributed by atoms with Crippen LogP contribution in [-0.2, 0) is 27.2 Å².